The molecule has 0 aromatic heterocycles. The first-order valence-corrected chi connectivity index (χ1v) is 4.91. The van der Waals surface area contributed by atoms with Crippen LogP contribution in [-0.2, 0) is 0 Å². The molecule has 0 unspecified atom stereocenters. The van der Waals surface area contributed by atoms with E-state index >= 15 is 0 Å². The van der Waals surface area contributed by atoms with Crippen molar-refractivity contribution in [2.75, 3.05) is 0 Å². The van der Waals surface area contributed by atoms with Crippen molar-refractivity contribution in [2.45, 2.75) is 59.3 Å². The van der Waals surface area contributed by atoms with Gasteiger partial charge in [0.1, 0.15) is 0 Å². The van der Waals surface area contributed by atoms with E-state index in [4.69, 9.17) is 0 Å². The van der Waals surface area contributed by atoms with Crippen molar-refractivity contribution in [1.82, 2.24) is 0 Å². The van der Waals surface area contributed by atoms with Crippen LogP contribution in [0.25, 0.3) is 0 Å². The Morgan fingerprint density at radius 2 is 1.73 bits per heavy atom. The quantitative estimate of drug-likeness (QED) is 0.504. The maximum atomic E-state index is 3.84. The Kier molecular flexibility index (Phi) is 5.62. The normalized spacial score (nSPS) is 12.0. The average molecular weight is 155 g/mol. The summed E-state index contributed by atoms with van der Waals surface area (Å²) in [6.45, 7) is 10.8. The van der Waals surface area contributed by atoms with Crippen LogP contribution >= 0.6 is 0 Å². The topological polar surface area (TPSA) is 0 Å². The second kappa shape index (κ2) is 5.62. The molecular formula is C11H23. The van der Waals surface area contributed by atoms with E-state index in [1.165, 1.54) is 32.1 Å². The lowest BCUT2D eigenvalue weighted by Gasteiger charge is -2.21. The number of rotatable bonds is 6. The molecule has 0 aliphatic carbocycles. The minimum Gasteiger partial charge on any atom is -0.0649 e. The van der Waals surface area contributed by atoms with Crippen molar-refractivity contribution < 1.29 is 0 Å². The lowest BCUT2D eigenvalue weighted by atomic mass is 9.84. The highest BCUT2D eigenvalue weighted by Gasteiger charge is 2.13. The van der Waals surface area contributed by atoms with Crippen LogP contribution in [0, 0.1) is 12.3 Å². The molecule has 0 rings (SSSR count). The SMILES string of the molecule is [CH2]CCCCCC(C)(C)CC. The molecule has 0 nitrogen and oxygen atoms in total. The van der Waals surface area contributed by atoms with Crippen molar-refractivity contribution in [3.63, 3.8) is 0 Å². The molecule has 0 aromatic rings. The molecule has 0 aromatic carbocycles. The van der Waals surface area contributed by atoms with Gasteiger partial charge in [0.2, 0.25) is 0 Å². The average Bonchev–Trinajstić information content (AvgIpc) is 1.99. The molecule has 0 saturated carbocycles. The van der Waals surface area contributed by atoms with E-state index in [0.29, 0.717) is 5.41 Å². The summed E-state index contributed by atoms with van der Waals surface area (Å²) in [7, 11) is 0. The van der Waals surface area contributed by atoms with Crippen LogP contribution in [0.3, 0.4) is 0 Å². The summed E-state index contributed by atoms with van der Waals surface area (Å²) >= 11 is 0. The number of hydrogen-bond donors (Lipinski definition) is 0. The van der Waals surface area contributed by atoms with Crippen LogP contribution in [-0.4, -0.2) is 0 Å². The largest absolute Gasteiger partial charge is 0.0649 e. The first kappa shape index (κ1) is 11.0. The van der Waals surface area contributed by atoms with Crippen LogP contribution in [0.5, 0.6) is 0 Å². The lowest BCUT2D eigenvalue weighted by Crippen LogP contribution is -2.08. The van der Waals surface area contributed by atoms with E-state index in [0.717, 1.165) is 6.42 Å². The van der Waals surface area contributed by atoms with Crippen molar-refractivity contribution in [1.29, 1.82) is 0 Å². The standard InChI is InChI=1S/C11H23/c1-5-7-8-9-10-11(3,4)6-2/h1,5-10H2,2-4H3. The van der Waals surface area contributed by atoms with Crippen LogP contribution in [0.15, 0.2) is 0 Å². The predicted molar refractivity (Wildman–Crippen MR) is 52.5 cm³/mol. The molecule has 0 aliphatic heterocycles. The Hall–Kier alpha value is 0. The molecule has 0 atom stereocenters. The van der Waals surface area contributed by atoms with Gasteiger partial charge in [0.25, 0.3) is 0 Å². The molecular weight excluding hydrogens is 132 g/mol. The minimum atomic E-state index is 0.571. The zero-order valence-corrected chi connectivity index (χ0v) is 8.45. The van der Waals surface area contributed by atoms with Crippen LogP contribution in [0.1, 0.15) is 59.3 Å². The van der Waals surface area contributed by atoms with Gasteiger partial charge in [-0.1, -0.05) is 59.8 Å². The summed E-state index contributed by atoms with van der Waals surface area (Å²) in [5.41, 5.74) is 0.571. The Morgan fingerprint density at radius 3 is 2.18 bits per heavy atom. The molecule has 0 saturated heterocycles. The van der Waals surface area contributed by atoms with Gasteiger partial charge in [-0.3, -0.25) is 0 Å². The Balaban J connectivity index is 3.23. The van der Waals surface area contributed by atoms with Gasteiger partial charge >= 0.3 is 0 Å². The van der Waals surface area contributed by atoms with Crippen LogP contribution < -0.4 is 0 Å². The smallest absolute Gasteiger partial charge is 0.0357 e. The van der Waals surface area contributed by atoms with Gasteiger partial charge < -0.3 is 0 Å². The van der Waals surface area contributed by atoms with Gasteiger partial charge in [-0.15, -0.1) is 0 Å². The zero-order valence-electron chi connectivity index (χ0n) is 8.45. The summed E-state index contributed by atoms with van der Waals surface area (Å²) in [5.74, 6) is 0. The summed E-state index contributed by atoms with van der Waals surface area (Å²) < 4.78 is 0. The molecule has 67 valence electrons. The monoisotopic (exact) mass is 155 g/mol. The van der Waals surface area contributed by atoms with E-state index in [1.54, 1.807) is 0 Å². The third-order valence-corrected chi connectivity index (χ3v) is 2.56. The summed E-state index contributed by atoms with van der Waals surface area (Å²) in [6.07, 6.45) is 7.84. The molecule has 0 N–H and O–H groups in total. The van der Waals surface area contributed by atoms with Gasteiger partial charge in [0.05, 0.1) is 0 Å². The molecule has 0 aliphatic rings. The van der Waals surface area contributed by atoms with E-state index in [1.807, 2.05) is 0 Å². The fourth-order valence-corrected chi connectivity index (χ4v) is 1.13. The maximum absolute atomic E-state index is 3.84. The van der Waals surface area contributed by atoms with Crippen LogP contribution in [0.2, 0.25) is 0 Å². The first-order valence-electron chi connectivity index (χ1n) is 4.91. The zero-order chi connectivity index (χ0) is 8.74. The van der Waals surface area contributed by atoms with Gasteiger partial charge in [-0.25, -0.2) is 0 Å². The highest BCUT2D eigenvalue weighted by atomic mass is 14.2. The molecule has 1 radical (unpaired) electrons. The highest BCUT2D eigenvalue weighted by Crippen LogP contribution is 2.27. The van der Waals surface area contributed by atoms with Crippen molar-refractivity contribution in [3.05, 3.63) is 6.92 Å². The molecule has 0 spiro atoms. The molecule has 0 heteroatoms. The lowest BCUT2D eigenvalue weighted by molar-refractivity contribution is 0.308. The van der Waals surface area contributed by atoms with E-state index in [9.17, 15) is 0 Å². The van der Waals surface area contributed by atoms with Crippen LogP contribution in [0.4, 0.5) is 0 Å². The minimum absolute atomic E-state index is 0.571. The van der Waals surface area contributed by atoms with E-state index in [-0.39, 0.29) is 0 Å². The van der Waals surface area contributed by atoms with Crippen molar-refractivity contribution in [3.8, 4) is 0 Å². The fourth-order valence-electron chi connectivity index (χ4n) is 1.13. The van der Waals surface area contributed by atoms with Gasteiger partial charge in [-0.2, -0.15) is 0 Å². The Labute approximate surface area is 72.4 Å². The fraction of sp³-hybridized carbons (Fsp3) is 0.909. The van der Waals surface area contributed by atoms with Gasteiger partial charge in [0, 0.05) is 0 Å². The van der Waals surface area contributed by atoms with Crippen molar-refractivity contribution >= 4 is 0 Å². The van der Waals surface area contributed by atoms with Gasteiger partial charge in [-0.05, 0) is 11.8 Å². The summed E-state index contributed by atoms with van der Waals surface area (Å²) in [6, 6.07) is 0. The first-order chi connectivity index (χ1) is 5.12. The molecule has 11 heavy (non-hydrogen) atoms. The summed E-state index contributed by atoms with van der Waals surface area (Å²) in [4.78, 5) is 0. The molecule has 0 fully saturated rings. The molecule has 0 amide bonds. The molecule has 0 bridgehead atoms. The predicted octanol–water partition coefficient (Wildman–Crippen LogP) is 4.21. The van der Waals surface area contributed by atoms with E-state index in [2.05, 4.69) is 27.7 Å². The second-order valence-electron chi connectivity index (χ2n) is 4.18. The van der Waals surface area contributed by atoms with Gasteiger partial charge in [0.15, 0.2) is 0 Å². The molecule has 0 heterocycles. The van der Waals surface area contributed by atoms with Crippen molar-refractivity contribution in [2.24, 2.45) is 5.41 Å². The number of unbranched alkanes of at least 4 members (excludes halogenated alkanes) is 3. The second-order valence-corrected chi connectivity index (χ2v) is 4.18. The van der Waals surface area contributed by atoms with E-state index < -0.39 is 0 Å². The maximum Gasteiger partial charge on any atom is -0.0357 e. The Bertz CT molecular complexity index is 82.0. The Morgan fingerprint density at radius 1 is 1.09 bits per heavy atom. The third kappa shape index (κ3) is 6.40. The highest BCUT2D eigenvalue weighted by molar-refractivity contribution is 4.65. The number of hydrogen-bond acceptors (Lipinski definition) is 0. The third-order valence-electron chi connectivity index (χ3n) is 2.56. The summed E-state index contributed by atoms with van der Waals surface area (Å²) in [5, 5.41) is 0.